The van der Waals surface area contributed by atoms with E-state index < -0.39 is 0 Å². The van der Waals surface area contributed by atoms with Gasteiger partial charge < -0.3 is 14.8 Å². The molecular formula is C17H27NO2. The molecule has 2 atom stereocenters. The Morgan fingerprint density at radius 1 is 1.05 bits per heavy atom. The highest BCUT2D eigenvalue weighted by Gasteiger charge is 2.23. The van der Waals surface area contributed by atoms with Crippen molar-refractivity contribution in [2.24, 2.45) is 11.8 Å². The van der Waals surface area contributed by atoms with Crippen LogP contribution in [-0.4, -0.2) is 20.3 Å². The highest BCUT2D eigenvalue weighted by atomic mass is 16.5. The summed E-state index contributed by atoms with van der Waals surface area (Å²) < 4.78 is 10.7. The molecule has 0 radical (unpaired) electrons. The Balaban J connectivity index is 1.99. The molecule has 0 amide bonds. The molecular weight excluding hydrogens is 250 g/mol. The molecule has 20 heavy (non-hydrogen) atoms. The predicted octanol–water partition coefficient (Wildman–Crippen LogP) is 3.62. The molecule has 1 aliphatic carbocycles. The second-order valence-electron chi connectivity index (χ2n) is 6.17. The zero-order valence-electron chi connectivity index (χ0n) is 13.1. The molecule has 1 aromatic rings. The second-order valence-corrected chi connectivity index (χ2v) is 6.17. The number of ether oxygens (including phenoxy) is 2. The Kier molecular flexibility index (Phi) is 5.30. The van der Waals surface area contributed by atoms with Crippen LogP contribution in [0.2, 0.25) is 0 Å². The van der Waals surface area contributed by atoms with Crippen LogP contribution >= 0.6 is 0 Å². The quantitative estimate of drug-likeness (QED) is 0.891. The number of hydrogen-bond donors (Lipinski definition) is 1. The molecule has 0 aromatic heterocycles. The smallest absolute Gasteiger partial charge is 0.123 e. The van der Waals surface area contributed by atoms with Crippen molar-refractivity contribution in [2.45, 2.75) is 45.7 Å². The standard InChI is InChI=1S/C17H27NO2/c1-12-7-13(2)9-15(8-12)18-11-14-10-16(19-3)5-6-17(14)20-4/h5-6,10,12-13,15,18H,7-9,11H2,1-4H3. The molecule has 0 bridgehead atoms. The van der Waals surface area contributed by atoms with E-state index in [4.69, 9.17) is 9.47 Å². The van der Waals surface area contributed by atoms with E-state index in [1.807, 2.05) is 12.1 Å². The van der Waals surface area contributed by atoms with Crippen molar-refractivity contribution in [2.75, 3.05) is 14.2 Å². The van der Waals surface area contributed by atoms with E-state index in [0.29, 0.717) is 6.04 Å². The third-order valence-corrected chi connectivity index (χ3v) is 4.25. The molecule has 2 unspecified atom stereocenters. The van der Waals surface area contributed by atoms with Crippen LogP contribution in [0.4, 0.5) is 0 Å². The molecule has 1 aromatic carbocycles. The minimum absolute atomic E-state index is 0.615. The van der Waals surface area contributed by atoms with Crippen LogP contribution in [0.1, 0.15) is 38.7 Å². The van der Waals surface area contributed by atoms with Crippen LogP contribution in [0.3, 0.4) is 0 Å². The molecule has 0 saturated heterocycles. The number of rotatable bonds is 5. The summed E-state index contributed by atoms with van der Waals surface area (Å²) in [5, 5.41) is 3.69. The van der Waals surface area contributed by atoms with E-state index in [-0.39, 0.29) is 0 Å². The van der Waals surface area contributed by atoms with Crippen molar-refractivity contribution in [3.8, 4) is 11.5 Å². The number of benzene rings is 1. The first-order valence-corrected chi connectivity index (χ1v) is 7.56. The highest BCUT2D eigenvalue weighted by molar-refractivity contribution is 5.40. The topological polar surface area (TPSA) is 30.5 Å². The maximum Gasteiger partial charge on any atom is 0.123 e. The van der Waals surface area contributed by atoms with Crippen LogP contribution in [-0.2, 0) is 6.54 Å². The fourth-order valence-corrected chi connectivity index (χ4v) is 3.39. The van der Waals surface area contributed by atoms with Gasteiger partial charge in [-0.05, 0) is 49.3 Å². The van der Waals surface area contributed by atoms with Crippen LogP contribution < -0.4 is 14.8 Å². The largest absolute Gasteiger partial charge is 0.497 e. The van der Waals surface area contributed by atoms with Gasteiger partial charge in [0, 0.05) is 18.2 Å². The van der Waals surface area contributed by atoms with Crippen LogP contribution in [0, 0.1) is 11.8 Å². The van der Waals surface area contributed by atoms with Gasteiger partial charge in [0.1, 0.15) is 11.5 Å². The van der Waals surface area contributed by atoms with E-state index in [1.165, 1.54) is 19.3 Å². The van der Waals surface area contributed by atoms with E-state index >= 15 is 0 Å². The highest BCUT2D eigenvalue weighted by Crippen LogP contribution is 2.29. The SMILES string of the molecule is COc1ccc(OC)c(CNC2CC(C)CC(C)C2)c1. The molecule has 0 aliphatic heterocycles. The Labute approximate surface area is 122 Å². The summed E-state index contributed by atoms with van der Waals surface area (Å²) >= 11 is 0. The summed E-state index contributed by atoms with van der Waals surface area (Å²) in [5.41, 5.74) is 1.16. The normalized spacial score (nSPS) is 26.3. The lowest BCUT2D eigenvalue weighted by molar-refractivity contribution is 0.237. The molecule has 0 heterocycles. The average Bonchev–Trinajstić information content (AvgIpc) is 2.43. The minimum Gasteiger partial charge on any atom is -0.497 e. The lowest BCUT2D eigenvalue weighted by Crippen LogP contribution is -2.35. The summed E-state index contributed by atoms with van der Waals surface area (Å²) in [4.78, 5) is 0. The van der Waals surface area contributed by atoms with Crippen LogP contribution in [0.25, 0.3) is 0 Å². The van der Waals surface area contributed by atoms with Crippen LogP contribution in [0.5, 0.6) is 11.5 Å². The van der Waals surface area contributed by atoms with Crippen molar-refractivity contribution in [1.29, 1.82) is 0 Å². The monoisotopic (exact) mass is 277 g/mol. The zero-order chi connectivity index (χ0) is 14.5. The van der Waals surface area contributed by atoms with E-state index in [0.717, 1.165) is 35.4 Å². The lowest BCUT2D eigenvalue weighted by Gasteiger charge is -2.32. The Bertz CT molecular complexity index is 423. The van der Waals surface area contributed by atoms with Gasteiger partial charge in [0.25, 0.3) is 0 Å². The Morgan fingerprint density at radius 3 is 2.35 bits per heavy atom. The van der Waals surface area contributed by atoms with Gasteiger partial charge in [-0.2, -0.15) is 0 Å². The second kappa shape index (κ2) is 6.98. The summed E-state index contributed by atoms with van der Waals surface area (Å²) in [6.45, 7) is 5.55. The first kappa shape index (κ1) is 15.2. The average molecular weight is 277 g/mol. The number of nitrogens with one attached hydrogen (secondary N) is 1. The molecule has 1 N–H and O–H groups in total. The Hall–Kier alpha value is -1.22. The maximum atomic E-state index is 5.43. The van der Waals surface area contributed by atoms with E-state index in [2.05, 4.69) is 25.2 Å². The summed E-state index contributed by atoms with van der Waals surface area (Å²) in [6, 6.07) is 6.58. The molecule has 1 saturated carbocycles. The fourth-order valence-electron chi connectivity index (χ4n) is 3.39. The van der Waals surface area contributed by atoms with Gasteiger partial charge in [0.15, 0.2) is 0 Å². The molecule has 3 heteroatoms. The first-order chi connectivity index (χ1) is 9.62. The van der Waals surface area contributed by atoms with Crippen molar-refractivity contribution in [1.82, 2.24) is 5.32 Å². The summed E-state index contributed by atoms with van der Waals surface area (Å²) in [6.07, 6.45) is 3.91. The minimum atomic E-state index is 0.615. The van der Waals surface area contributed by atoms with Crippen molar-refractivity contribution >= 4 is 0 Å². The zero-order valence-corrected chi connectivity index (χ0v) is 13.1. The van der Waals surface area contributed by atoms with E-state index in [9.17, 15) is 0 Å². The maximum absolute atomic E-state index is 5.43. The van der Waals surface area contributed by atoms with Crippen molar-refractivity contribution < 1.29 is 9.47 Å². The first-order valence-electron chi connectivity index (χ1n) is 7.56. The number of hydrogen-bond acceptors (Lipinski definition) is 3. The fraction of sp³-hybridized carbons (Fsp3) is 0.647. The third kappa shape index (κ3) is 3.89. The predicted molar refractivity (Wildman–Crippen MR) is 82.4 cm³/mol. The lowest BCUT2D eigenvalue weighted by atomic mass is 9.80. The molecule has 1 aliphatic rings. The molecule has 112 valence electrons. The van der Waals surface area contributed by atoms with Crippen molar-refractivity contribution in [3.05, 3.63) is 23.8 Å². The molecule has 0 spiro atoms. The van der Waals surface area contributed by atoms with E-state index in [1.54, 1.807) is 14.2 Å². The Morgan fingerprint density at radius 2 is 1.75 bits per heavy atom. The third-order valence-electron chi connectivity index (χ3n) is 4.25. The van der Waals surface area contributed by atoms with Gasteiger partial charge in [-0.15, -0.1) is 0 Å². The van der Waals surface area contributed by atoms with Gasteiger partial charge in [-0.1, -0.05) is 13.8 Å². The van der Waals surface area contributed by atoms with Gasteiger partial charge in [0.2, 0.25) is 0 Å². The number of methoxy groups -OCH3 is 2. The molecule has 2 rings (SSSR count). The summed E-state index contributed by atoms with van der Waals surface area (Å²) in [5.74, 6) is 3.45. The molecule has 3 nitrogen and oxygen atoms in total. The van der Waals surface area contributed by atoms with Gasteiger partial charge >= 0.3 is 0 Å². The van der Waals surface area contributed by atoms with Crippen molar-refractivity contribution in [3.63, 3.8) is 0 Å². The van der Waals surface area contributed by atoms with Gasteiger partial charge in [-0.25, -0.2) is 0 Å². The van der Waals surface area contributed by atoms with Gasteiger partial charge in [0.05, 0.1) is 14.2 Å². The molecule has 1 fully saturated rings. The van der Waals surface area contributed by atoms with Crippen LogP contribution in [0.15, 0.2) is 18.2 Å². The summed E-state index contributed by atoms with van der Waals surface area (Å²) in [7, 11) is 3.42. The van der Waals surface area contributed by atoms with Gasteiger partial charge in [-0.3, -0.25) is 0 Å².